The molecule has 0 saturated carbocycles. The molecule has 134 valence electrons. The van der Waals surface area contributed by atoms with E-state index in [2.05, 4.69) is 15.6 Å². The van der Waals surface area contributed by atoms with Crippen LogP contribution >= 0.6 is 0 Å². The zero-order chi connectivity index (χ0) is 18.4. The maximum absolute atomic E-state index is 12.5. The van der Waals surface area contributed by atoms with Crippen LogP contribution in [0.1, 0.15) is 38.6 Å². The van der Waals surface area contributed by atoms with Gasteiger partial charge in [0.1, 0.15) is 18.5 Å². The summed E-state index contributed by atoms with van der Waals surface area (Å²) >= 11 is 0. The first kappa shape index (κ1) is 18.7. The van der Waals surface area contributed by atoms with Crippen LogP contribution in [0.25, 0.3) is 0 Å². The van der Waals surface area contributed by atoms with Crippen molar-refractivity contribution in [1.29, 1.82) is 0 Å². The Morgan fingerprint density at radius 1 is 1.12 bits per heavy atom. The van der Waals surface area contributed by atoms with Gasteiger partial charge in [-0.3, -0.25) is 9.59 Å². The van der Waals surface area contributed by atoms with Crippen LogP contribution in [0.3, 0.4) is 0 Å². The van der Waals surface area contributed by atoms with E-state index in [1.165, 1.54) is 7.11 Å². The number of rotatable bonds is 7. The molecule has 1 aromatic carbocycles. The van der Waals surface area contributed by atoms with Gasteiger partial charge in [-0.05, 0) is 31.2 Å². The highest BCUT2D eigenvalue weighted by Gasteiger charge is 2.19. The molecule has 0 saturated heterocycles. The lowest BCUT2D eigenvalue weighted by molar-refractivity contribution is -0.120. The minimum Gasteiger partial charge on any atom is -0.375 e. The number of aromatic nitrogens is 2. The number of benzene rings is 1. The number of carbonyl (C=O) groups is 2. The largest absolute Gasteiger partial charge is 0.375 e. The van der Waals surface area contributed by atoms with E-state index in [-0.39, 0.29) is 30.4 Å². The molecular weight excluding hydrogens is 320 g/mol. The molecule has 1 aromatic heterocycles. The first-order valence-corrected chi connectivity index (χ1v) is 8.14. The second kappa shape index (κ2) is 8.43. The SMILES string of the molecule is COCC(=O)Nc1ccc(NC(=O)C(C)n2ccnc2C(C)C)cc1. The molecule has 1 atom stereocenters. The van der Waals surface area contributed by atoms with Crippen molar-refractivity contribution in [3.05, 3.63) is 42.5 Å². The van der Waals surface area contributed by atoms with E-state index >= 15 is 0 Å². The third-order valence-corrected chi connectivity index (χ3v) is 3.72. The number of nitrogens with one attached hydrogen (secondary N) is 2. The summed E-state index contributed by atoms with van der Waals surface area (Å²) in [6.07, 6.45) is 3.52. The molecule has 2 N–H and O–H groups in total. The van der Waals surface area contributed by atoms with E-state index in [1.807, 2.05) is 31.5 Å². The van der Waals surface area contributed by atoms with E-state index in [1.54, 1.807) is 30.5 Å². The summed E-state index contributed by atoms with van der Waals surface area (Å²) in [6.45, 7) is 5.92. The van der Waals surface area contributed by atoms with Crippen molar-refractivity contribution in [3.63, 3.8) is 0 Å². The van der Waals surface area contributed by atoms with Crippen LogP contribution in [-0.2, 0) is 14.3 Å². The number of carbonyl (C=O) groups excluding carboxylic acids is 2. The van der Waals surface area contributed by atoms with E-state index in [4.69, 9.17) is 4.74 Å². The Labute approximate surface area is 147 Å². The first-order valence-electron chi connectivity index (χ1n) is 8.14. The molecule has 0 fully saturated rings. The average molecular weight is 344 g/mol. The summed E-state index contributed by atoms with van der Waals surface area (Å²) in [7, 11) is 1.46. The summed E-state index contributed by atoms with van der Waals surface area (Å²) in [4.78, 5) is 28.3. The van der Waals surface area contributed by atoms with Gasteiger partial charge in [-0.1, -0.05) is 13.8 Å². The Bertz CT molecular complexity index is 722. The van der Waals surface area contributed by atoms with Gasteiger partial charge in [0.2, 0.25) is 11.8 Å². The van der Waals surface area contributed by atoms with Crippen molar-refractivity contribution >= 4 is 23.2 Å². The third-order valence-electron chi connectivity index (χ3n) is 3.72. The Kier molecular flexibility index (Phi) is 6.30. The number of amides is 2. The number of imidazole rings is 1. The third kappa shape index (κ3) is 4.90. The topological polar surface area (TPSA) is 85.3 Å². The van der Waals surface area contributed by atoms with E-state index in [0.717, 1.165) is 5.82 Å². The highest BCUT2D eigenvalue weighted by molar-refractivity contribution is 5.94. The maximum atomic E-state index is 12.5. The fourth-order valence-electron chi connectivity index (χ4n) is 2.44. The molecule has 0 aliphatic carbocycles. The van der Waals surface area contributed by atoms with Crippen molar-refractivity contribution < 1.29 is 14.3 Å². The van der Waals surface area contributed by atoms with Crippen molar-refractivity contribution in [2.24, 2.45) is 0 Å². The van der Waals surface area contributed by atoms with Crippen LogP contribution in [0, 0.1) is 0 Å². The Balaban J connectivity index is 2.00. The van der Waals surface area contributed by atoms with E-state index in [9.17, 15) is 9.59 Å². The summed E-state index contributed by atoms with van der Waals surface area (Å²) in [5, 5.41) is 5.58. The van der Waals surface area contributed by atoms with Gasteiger partial charge in [0.05, 0.1) is 0 Å². The quantitative estimate of drug-likeness (QED) is 0.809. The molecular formula is C18H24N4O3. The van der Waals surface area contributed by atoms with Crippen LogP contribution in [0.15, 0.2) is 36.7 Å². The van der Waals surface area contributed by atoms with Crippen LogP contribution in [-0.4, -0.2) is 35.1 Å². The number of methoxy groups -OCH3 is 1. The van der Waals surface area contributed by atoms with Gasteiger partial charge in [0.15, 0.2) is 0 Å². The first-order chi connectivity index (χ1) is 11.9. The van der Waals surface area contributed by atoms with Gasteiger partial charge in [0, 0.05) is 36.8 Å². The number of hydrogen-bond acceptors (Lipinski definition) is 4. The number of ether oxygens (including phenoxy) is 1. The molecule has 1 unspecified atom stereocenters. The number of hydrogen-bond donors (Lipinski definition) is 2. The summed E-state index contributed by atoms with van der Waals surface area (Å²) < 4.78 is 6.64. The monoisotopic (exact) mass is 344 g/mol. The number of nitrogens with zero attached hydrogens (tertiary/aromatic N) is 2. The van der Waals surface area contributed by atoms with Crippen LogP contribution in [0.4, 0.5) is 11.4 Å². The highest BCUT2D eigenvalue weighted by Crippen LogP contribution is 2.19. The number of anilines is 2. The Hall–Kier alpha value is -2.67. The maximum Gasteiger partial charge on any atom is 0.250 e. The van der Waals surface area contributed by atoms with Gasteiger partial charge in [-0.2, -0.15) is 0 Å². The lowest BCUT2D eigenvalue weighted by Gasteiger charge is -2.18. The smallest absolute Gasteiger partial charge is 0.250 e. The van der Waals surface area contributed by atoms with Gasteiger partial charge >= 0.3 is 0 Å². The van der Waals surface area contributed by atoms with Crippen molar-refractivity contribution in [2.75, 3.05) is 24.4 Å². The summed E-state index contributed by atoms with van der Waals surface area (Å²) in [5.41, 5.74) is 1.30. The highest BCUT2D eigenvalue weighted by atomic mass is 16.5. The van der Waals surface area contributed by atoms with Gasteiger partial charge in [0.25, 0.3) is 0 Å². The molecule has 25 heavy (non-hydrogen) atoms. The minimum absolute atomic E-state index is 0.000900. The van der Waals surface area contributed by atoms with Crippen LogP contribution < -0.4 is 10.6 Å². The van der Waals surface area contributed by atoms with Crippen LogP contribution in [0.2, 0.25) is 0 Å². The van der Waals surface area contributed by atoms with Crippen molar-refractivity contribution in [3.8, 4) is 0 Å². The minimum atomic E-state index is -0.374. The van der Waals surface area contributed by atoms with E-state index in [0.29, 0.717) is 11.4 Å². The molecule has 0 radical (unpaired) electrons. The Morgan fingerprint density at radius 2 is 1.72 bits per heavy atom. The fraction of sp³-hybridized carbons (Fsp3) is 0.389. The molecule has 1 heterocycles. The zero-order valence-electron chi connectivity index (χ0n) is 14.9. The lowest BCUT2D eigenvalue weighted by atomic mass is 10.2. The second-order valence-corrected chi connectivity index (χ2v) is 6.07. The molecule has 2 rings (SSSR count). The second-order valence-electron chi connectivity index (χ2n) is 6.07. The van der Waals surface area contributed by atoms with Crippen molar-refractivity contribution in [1.82, 2.24) is 9.55 Å². The van der Waals surface area contributed by atoms with Crippen LogP contribution in [0.5, 0.6) is 0 Å². The molecule has 2 amide bonds. The summed E-state index contributed by atoms with van der Waals surface area (Å²) in [5.74, 6) is 0.754. The molecule has 7 nitrogen and oxygen atoms in total. The van der Waals surface area contributed by atoms with Gasteiger partial charge in [-0.25, -0.2) is 4.98 Å². The molecule has 0 bridgehead atoms. The molecule has 2 aromatic rings. The summed E-state index contributed by atoms with van der Waals surface area (Å²) in [6, 6.07) is 6.56. The predicted molar refractivity (Wildman–Crippen MR) is 96.6 cm³/mol. The standard InChI is InChI=1S/C18H24N4O3/c1-12(2)17-19-9-10-22(17)13(3)18(24)21-15-7-5-14(6-8-15)20-16(23)11-25-4/h5-10,12-13H,11H2,1-4H3,(H,20,23)(H,21,24). The molecule has 0 spiro atoms. The fourth-order valence-corrected chi connectivity index (χ4v) is 2.44. The van der Waals surface area contributed by atoms with E-state index < -0.39 is 0 Å². The normalized spacial score (nSPS) is 12.0. The zero-order valence-corrected chi connectivity index (χ0v) is 14.9. The van der Waals surface area contributed by atoms with Gasteiger partial charge in [-0.15, -0.1) is 0 Å². The average Bonchev–Trinajstić information content (AvgIpc) is 3.06. The molecule has 7 heteroatoms. The van der Waals surface area contributed by atoms with Gasteiger partial charge < -0.3 is 19.9 Å². The molecule has 0 aliphatic rings. The van der Waals surface area contributed by atoms with Crippen molar-refractivity contribution in [2.45, 2.75) is 32.7 Å². The molecule has 0 aliphatic heterocycles. The predicted octanol–water partition coefficient (Wildman–Crippen LogP) is 2.79. The Morgan fingerprint density at radius 3 is 2.28 bits per heavy atom. The lowest BCUT2D eigenvalue weighted by Crippen LogP contribution is -2.25.